The van der Waals surface area contributed by atoms with Crippen molar-refractivity contribution in [2.75, 3.05) is 5.32 Å². The summed E-state index contributed by atoms with van der Waals surface area (Å²) in [4.78, 5) is 20.4. The molecule has 0 bridgehead atoms. The molecule has 0 radical (unpaired) electrons. The maximum absolute atomic E-state index is 12.3. The van der Waals surface area contributed by atoms with Gasteiger partial charge >= 0.3 is 0 Å². The number of rotatable bonds is 3. The first-order chi connectivity index (χ1) is 10.3. The summed E-state index contributed by atoms with van der Waals surface area (Å²) in [5.74, 6) is 0.172. The lowest BCUT2D eigenvalue weighted by Gasteiger charge is -2.10. The Balaban J connectivity index is 1.93. The van der Waals surface area contributed by atoms with Crippen LogP contribution in [0.3, 0.4) is 0 Å². The van der Waals surface area contributed by atoms with Gasteiger partial charge in [-0.05, 0) is 24.3 Å². The number of anilines is 1. The number of aromatic nitrogens is 4. The van der Waals surface area contributed by atoms with E-state index < -0.39 is 0 Å². The maximum atomic E-state index is 12.3. The smallest absolute Gasteiger partial charge is 0.257 e. The third kappa shape index (κ3) is 2.75. The first-order valence-electron chi connectivity index (χ1n) is 6.11. The van der Waals surface area contributed by atoms with Gasteiger partial charge in [0.2, 0.25) is 0 Å². The summed E-state index contributed by atoms with van der Waals surface area (Å²) in [6.45, 7) is 0. The number of benzene rings is 1. The number of carbonyl (C=O) groups is 1. The van der Waals surface area contributed by atoms with Gasteiger partial charge in [-0.3, -0.25) is 4.79 Å². The average Bonchev–Trinajstić information content (AvgIpc) is 3.02. The molecule has 0 atom stereocenters. The molecule has 0 aliphatic rings. The van der Waals surface area contributed by atoms with Crippen LogP contribution >= 0.6 is 11.6 Å². The lowest BCUT2D eigenvalue weighted by Crippen LogP contribution is -2.15. The highest BCUT2D eigenvalue weighted by molar-refractivity contribution is 6.34. The molecule has 1 aromatic carbocycles. The van der Waals surface area contributed by atoms with E-state index in [1.54, 1.807) is 42.6 Å². The molecular weight excluding hydrogens is 290 g/mol. The van der Waals surface area contributed by atoms with Gasteiger partial charge in [-0.25, -0.2) is 14.6 Å². The summed E-state index contributed by atoms with van der Waals surface area (Å²) >= 11 is 6.02. The van der Waals surface area contributed by atoms with Crippen molar-refractivity contribution in [1.29, 1.82) is 0 Å². The molecule has 7 heteroatoms. The molecule has 0 unspecified atom stereocenters. The molecule has 0 fully saturated rings. The number of pyridine rings is 1. The molecule has 3 rings (SSSR count). The van der Waals surface area contributed by atoms with E-state index in [0.717, 1.165) is 0 Å². The van der Waals surface area contributed by atoms with E-state index in [4.69, 9.17) is 11.6 Å². The lowest BCUT2D eigenvalue weighted by molar-refractivity contribution is 0.102. The van der Waals surface area contributed by atoms with Crippen LogP contribution in [0.1, 0.15) is 10.4 Å². The van der Waals surface area contributed by atoms with Crippen molar-refractivity contribution in [3.63, 3.8) is 0 Å². The van der Waals surface area contributed by atoms with Crippen molar-refractivity contribution in [2.45, 2.75) is 0 Å². The molecule has 0 saturated heterocycles. The maximum Gasteiger partial charge on any atom is 0.257 e. The van der Waals surface area contributed by atoms with E-state index in [9.17, 15) is 4.79 Å². The van der Waals surface area contributed by atoms with Crippen molar-refractivity contribution in [3.8, 4) is 5.82 Å². The molecule has 2 heterocycles. The second-order valence-electron chi connectivity index (χ2n) is 4.15. The van der Waals surface area contributed by atoms with Crippen molar-refractivity contribution in [3.05, 3.63) is 65.8 Å². The Hall–Kier alpha value is -2.73. The quantitative estimate of drug-likeness (QED) is 0.806. The summed E-state index contributed by atoms with van der Waals surface area (Å²) in [6.07, 6.45) is 4.52. The summed E-state index contributed by atoms with van der Waals surface area (Å²) in [6, 6.07) is 10.3. The van der Waals surface area contributed by atoms with Gasteiger partial charge < -0.3 is 5.32 Å². The van der Waals surface area contributed by atoms with Crippen LogP contribution in [0.25, 0.3) is 5.82 Å². The van der Waals surface area contributed by atoms with E-state index in [1.807, 2.05) is 0 Å². The van der Waals surface area contributed by atoms with Gasteiger partial charge in [0, 0.05) is 6.20 Å². The van der Waals surface area contributed by atoms with Crippen LogP contribution in [0.5, 0.6) is 0 Å². The van der Waals surface area contributed by atoms with Crippen LogP contribution in [0.2, 0.25) is 5.02 Å². The van der Waals surface area contributed by atoms with Crippen LogP contribution in [-0.4, -0.2) is 25.7 Å². The third-order valence-electron chi connectivity index (χ3n) is 2.79. The van der Waals surface area contributed by atoms with Crippen LogP contribution in [-0.2, 0) is 0 Å². The fourth-order valence-electron chi connectivity index (χ4n) is 1.83. The molecule has 0 aliphatic carbocycles. The molecule has 0 saturated carbocycles. The molecule has 0 spiro atoms. The second kappa shape index (κ2) is 5.72. The molecule has 1 amide bonds. The number of hydrogen-bond donors (Lipinski definition) is 1. The highest BCUT2D eigenvalue weighted by Crippen LogP contribution is 2.20. The minimum Gasteiger partial charge on any atom is -0.319 e. The van der Waals surface area contributed by atoms with Crippen LogP contribution in [0.15, 0.2) is 55.2 Å². The Bertz CT molecular complexity index is 773. The van der Waals surface area contributed by atoms with Gasteiger partial charge in [-0.15, -0.1) is 0 Å². The SMILES string of the molecule is O=C(Nc1cccnc1-n1cncn1)c1ccccc1Cl. The van der Waals surface area contributed by atoms with Gasteiger partial charge in [-0.2, -0.15) is 5.10 Å². The fourth-order valence-corrected chi connectivity index (χ4v) is 2.05. The van der Waals surface area contributed by atoms with Crippen LogP contribution in [0.4, 0.5) is 5.69 Å². The normalized spacial score (nSPS) is 10.3. The molecule has 104 valence electrons. The zero-order chi connectivity index (χ0) is 14.7. The Kier molecular flexibility index (Phi) is 3.61. The standard InChI is InChI=1S/C14H10ClN5O/c15-11-5-2-1-4-10(11)14(21)19-12-6-3-7-17-13(12)20-9-16-8-18-20/h1-9H,(H,19,21). The summed E-state index contributed by atoms with van der Waals surface area (Å²) < 4.78 is 1.47. The number of amides is 1. The monoisotopic (exact) mass is 299 g/mol. The van der Waals surface area contributed by atoms with E-state index >= 15 is 0 Å². The summed E-state index contributed by atoms with van der Waals surface area (Å²) in [5, 5.41) is 7.18. The number of nitrogens with zero attached hydrogens (tertiary/aromatic N) is 4. The molecule has 1 N–H and O–H groups in total. The van der Waals surface area contributed by atoms with E-state index in [1.165, 1.54) is 17.3 Å². The van der Waals surface area contributed by atoms with Gasteiger partial charge in [0.25, 0.3) is 5.91 Å². The average molecular weight is 300 g/mol. The molecular formula is C14H10ClN5O. The van der Waals surface area contributed by atoms with E-state index in [2.05, 4.69) is 20.4 Å². The van der Waals surface area contributed by atoms with Gasteiger partial charge in [0.15, 0.2) is 5.82 Å². The lowest BCUT2D eigenvalue weighted by atomic mass is 10.2. The Labute approximate surface area is 125 Å². The molecule has 0 aliphatic heterocycles. The van der Waals surface area contributed by atoms with Crippen molar-refractivity contribution < 1.29 is 4.79 Å². The molecule has 21 heavy (non-hydrogen) atoms. The molecule has 2 aromatic heterocycles. The number of nitrogens with one attached hydrogen (secondary N) is 1. The minimum absolute atomic E-state index is 0.310. The van der Waals surface area contributed by atoms with Crippen molar-refractivity contribution in [1.82, 2.24) is 19.7 Å². The predicted molar refractivity (Wildman–Crippen MR) is 78.6 cm³/mol. The third-order valence-corrected chi connectivity index (χ3v) is 3.12. The first-order valence-corrected chi connectivity index (χ1v) is 6.49. The predicted octanol–water partition coefficient (Wildman–Crippen LogP) is 2.57. The second-order valence-corrected chi connectivity index (χ2v) is 4.56. The number of hydrogen-bond acceptors (Lipinski definition) is 4. The van der Waals surface area contributed by atoms with Crippen molar-refractivity contribution >= 4 is 23.2 Å². The highest BCUT2D eigenvalue weighted by Gasteiger charge is 2.13. The number of carbonyl (C=O) groups excluding carboxylic acids is 1. The zero-order valence-corrected chi connectivity index (χ0v) is 11.5. The van der Waals surface area contributed by atoms with Crippen LogP contribution in [0, 0.1) is 0 Å². The van der Waals surface area contributed by atoms with Gasteiger partial charge in [-0.1, -0.05) is 23.7 Å². The van der Waals surface area contributed by atoms with E-state index in [0.29, 0.717) is 22.1 Å². The highest BCUT2D eigenvalue weighted by atomic mass is 35.5. The molecule has 3 aromatic rings. The number of halogens is 1. The summed E-state index contributed by atoms with van der Waals surface area (Å²) in [7, 11) is 0. The largest absolute Gasteiger partial charge is 0.319 e. The fraction of sp³-hybridized carbons (Fsp3) is 0. The Morgan fingerprint density at radius 2 is 2.05 bits per heavy atom. The van der Waals surface area contributed by atoms with Gasteiger partial charge in [0.05, 0.1) is 16.3 Å². The first kappa shape index (κ1) is 13.3. The zero-order valence-electron chi connectivity index (χ0n) is 10.8. The topological polar surface area (TPSA) is 72.7 Å². The van der Waals surface area contributed by atoms with Crippen LogP contribution < -0.4 is 5.32 Å². The molecule has 6 nitrogen and oxygen atoms in total. The van der Waals surface area contributed by atoms with Crippen molar-refractivity contribution in [2.24, 2.45) is 0 Å². The Morgan fingerprint density at radius 3 is 2.81 bits per heavy atom. The van der Waals surface area contributed by atoms with Gasteiger partial charge in [0.1, 0.15) is 12.7 Å². The summed E-state index contributed by atoms with van der Waals surface area (Å²) in [5.41, 5.74) is 0.917. The Morgan fingerprint density at radius 1 is 1.19 bits per heavy atom. The minimum atomic E-state index is -0.310. The van der Waals surface area contributed by atoms with E-state index in [-0.39, 0.29) is 5.91 Å².